The van der Waals surface area contributed by atoms with Gasteiger partial charge in [0, 0.05) is 17.3 Å². The van der Waals surface area contributed by atoms with E-state index in [0.29, 0.717) is 5.69 Å². The molecule has 3 aromatic rings. The lowest BCUT2D eigenvalue weighted by Crippen LogP contribution is -2.02. The molecule has 0 aliphatic rings. The van der Waals surface area contributed by atoms with E-state index < -0.39 is 5.82 Å². The second-order valence-corrected chi connectivity index (χ2v) is 3.68. The minimum atomic E-state index is -0.417. The highest BCUT2D eigenvalue weighted by molar-refractivity contribution is 5.83. The van der Waals surface area contributed by atoms with Gasteiger partial charge in [-0.05, 0) is 30.3 Å². The van der Waals surface area contributed by atoms with Crippen LogP contribution in [0.5, 0.6) is 0 Å². The van der Waals surface area contributed by atoms with Crippen LogP contribution in [0.1, 0.15) is 0 Å². The number of rotatable bonds is 1. The zero-order valence-corrected chi connectivity index (χ0v) is 8.84. The molecule has 0 aliphatic carbocycles. The van der Waals surface area contributed by atoms with Crippen molar-refractivity contribution < 1.29 is 4.39 Å². The standard InChI is InChI=1S/C12H9FN4/c13-10-2-1-5-15-12(10)17-11-6-9(14)4-3-8(11)7-16-17/h1-7H,14H2. The van der Waals surface area contributed by atoms with Crippen molar-refractivity contribution in [2.75, 3.05) is 5.73 Å². The average Bonchev–Trinajstić information content (AvgIpc) is 2.72. The van der Waals surface area contributed by atoms with E-state index in [-0.39, 0.29) is 5.82 Å². The number of nitrogen functional groups attached to an aromatic ring is 1. The highest BCUT2D eigenvalue weighted by atomic mass is 19.1. The monoisotopic (exact) mass is 228 g/mol. The minimum Gasteiger partial charge on any atom is -0.399 e. The first-order valence-corrected chi connectivity index (χ1v) is 5.10. The predicted molar refractivity (Wildman–Crippen MR) is 63.2 cm³/mol. The number of anilines is 1. The highest BCUT2D eigenvalue weighted by Crippen LogP contribution is 2.20. The number of hydrogen-bond acceptors (Lipinski definition) is 3. The van der Waals surface area contributed by atoms with Crippen molar-refractivity contribution in [1.82, 2.24) is 14.8 Å². The summed E-state index contributed by atoms with van der Waals surface area (Å²) in [5.74, 6) is -0.243. The van der Waals surface area contributed by atoms with Gasteiger partial charge in [-0.25, -0.2) is 14.1 Å². The molecule has 5 heteroatoms. The van der Waals surface area contributed by atoms with Crippen LogP contribution in [0.2, 0.25) is 0 Å². The highest BCUT2D eigenvalue weighted by Gasteiger charge is 2.10. The quantitative estimate of drug-likeness (QED) is 0.649. The maximum atomic E-state index is 13.6. The van der Waals surface area contributed by atoms with Crippen LogP contribution in [0.25, 0.3) is 16.7 Å². The van der Waals surface area contributed by atoms with Gasteiger partial charge in [0.25, 0.3) is 0 Å². The first-order chi connectivity index (χ1) is 8.25. The van der Waals surface area contributed by atoms with Crippen molar-refractivity contribution in [3.05, 3.63) is 48.5 Å². The Hall–Kier alpha value is -2.43. The molecule has 3 rings (SSSR count). The average molecular weight is 228 g/mol. The van der Waals surface area contributed by atoms with Crippen molar-refractivity contribution in [2.24, 2.45) is 0 Å². The van der Waals surface area contributed by atoms with Crippen LogP contribution >= 0.6 is 0 Å². The van der Waals surface area contributed by atoms with Crippen molar-refractivity contribution in [3.8, 4) is 5.82 Å². The molecule has 0 atom stereocenters. The van der Waals surface area contributed by atoms with Crippen LogP contribution in [0.3, 0.4) is 0 Å². The number of halogens is 1. The second-order valence-electron chi connectivity index (χ2n) is 3.68. The molecule has 17 heavy (non-hydrogen) atoms. The van der Waals surface area contributed by atoms with Gasteiger partial charge in [-0.1, -0.05) is 0 Å². The predicted octanol–water partition coefficient (Wildman–Crippen LogP) is 2.14. The molecular formula is C12H9FN4. The summed E-state index contributed by atoms with van der Waals surface area (Å²) in [6, 6.07) is 8.26. The molecule has 0 aliphatic heterocycles. The maximum Gasteiger partial charge on any atom is 0.190 e. The Labute approximate surface area is 96.5 Å². The van der Waals surface area contributed by atoms with E-state index in [2.05, 4.69) is 10.1 Å². The molecule has 2 heterocycles. The van der Waals surface area contributed by atoms with Gasteiger partial charge < -0.3 is 5.73 Å². The Morgan fingerprint density at radius 1 is 1.24 bits per heavy atom. The number of benzene rings is 1. The van der Waals surface area contributed by atoms with Crippen LogP contribution in [0, 0.1) is 5.82 Å². The lowest BCUT2D eigenvalue weighted by Gasteiger charge is -2.03. The molecule has 0 spiro atoms. The molecule has 2 N–H and O–H groups in total. The molecular weight excluding hydrogens is 219 g/mol. The van der Waals surface area contributed by atoms with Crippen molar-refractivity contribution in [1.29, 1.82) is 0 Å². The Kier molecular flexibility index (Phi) is 2.04. The van der Waals surface area contributed by atoms with Crippen LogP contribution < -0.4 is 5.73 Å². The number of pyridine rings is 1. The SMILES string of the molecule is Nc1ccc2cnn(-c3ncccc3F)c2c1. The number of nitrogens with two attached hydrogens (primary N) is 1. The summed E-state index contributed by atoms with van der Waals surface area (Å²) in [4.78, 5) is 3.99. The Balaban J connectivity index is 2.31. The van der Waals surface area contributed by atoms with Gasteiger partial charge >= 0.3 is 0 Å². The molecule has 0 unspecified atom stereocenters. The van der Waals surface area contributed by atoms with E-state index >= 15 is 0 Å². The minimum absolute atomic E-state index is 0.174. The molecule has 0 saturated heterocycles. The third-order valence-electron chi connectivity index (χ3n) is 2.53. The summed E-state index contributed by atoms with van der Waals surface area (Å²) >= 11 is 0. The molecule has 0 fully saturated rings. The van der Waals surface area contributed by atoms with Gasteiger partial charge in [-0.2, -0.15) is 5.10 Å². The van der Waals surface area contributed by atoms with E-state index in [9.17, 15) is 4.39 Å². The van der Waals surface area contributed by atoms with E-state index in [1.165, 1.54) is 16.9 Å². The van der Waals surface area contributed by atoms with Gasteiger partial charge in [0.05, 0.1) is 11.7 Å². The summed E-state index contributed by atoms with van der Waals surface area (Å²) < 4.78 is 15.1. The third kappa shape index (κ3) is 1.52. The molecule has 0 radical (unpaired) electrons. The van der Waals surface area contributed by atoms with E-state index in [0.717, 1.165) is 10.9 Å². The van der Waals surface area contributed by atoms with Gasteiger partial charge in [-0.3, -0.25) is 0 Å². The van der Waals surface area contributed by atoms with Crippen LogP contribution in [0.4, 0.5) is 10.1 Å². The summed E-state index contributed by atoms with van der Waals surface area (Å²) in [7, 11) is 0. The van der Waals surface area contributed by atoms with Gasteiger partial charge in [-0.15, -0.1) is 0 Å². The van der Waals surface area contributed by atoms with E-state index in [4.69, 9.17) is 5.73 Å². The third-order valence-corrected chi connectivity index (χ3v) is 2.53. The number of nitrogens with zero attached hydrogens (tertiary/aromatic N) is 3. The summed E-state index contributed by atoms with van der Waals surface area (Å²) in [6.45, 7) is 0. The molecule has 0 saturated carbocycles. The molecule has 0 bridgehead atoms. The summed E-state index contributed by atoms with van der Waals surface area (Å²) in [6.07, 6.45) is 3.18. The van der Waals surface area contributed by atoms with Crippen molar-refractivity contribution >= 4 is 16.6 Å². The number of hydrogen-bond donors (Lipinski definition) is 1. The largest absolute Gasteiger partial charge is 0.399 e. The normalized spacial score (nSPS) is 10.9. The van der Waals surface area contributed by atoms with Crippen LogP contribution in [0.15, 0.2) is 42.7 Å². The molecule has 2 aromatic heterocycles. The van der Waals surface area contributed by atoms with Gasteiger partial charge in [0.1, 0.15) is 0 Å². The first-order valence-electron chi connectivity index (χ1n) is 5.10. The number of aromatic nitrogens is 3. The van der Waals surface area contributed by atoms with Crippen LogP contribution in [-0.4, -0.2) is 14.8 Å². The topological polar surface area (TPSA) is 56.7 Å². The second kappa shape index (κ2) is 3.55. The lowest BCUT2D eigenvalue weighted by atomic mass is 10.2. The Morgan fingerprint density at radius 2 is 2.12 bits per heavy atom. The smallest absolute Gasteiger partial charge is 0.190 e. The fourth-order valence-electron chi connectivity index (χ4n) is 1.74. The maximum absolute atomic E-state index is 13.6. The number of fused-ring (bicyclic) bond motifs is 1. The van der Waals surface area contributed by atoms with E-state index in [1.807, 2.05) is 6.07 Å². The Morgan fingerprint density at radius 3 is 2.94 bits per heavy atom. The first kappa shape index (κ1) is 9.77. The van der Waals surface area contributed by atoms with Gasteiger partial charge in [0.2, 0.25) is 0 Å². The summed E-state index contributed by atoms with van der Waals surface area (Å²) in [5, 5.41) is 5.02. The molecule has 84 valence electrons. The zero-order chi connectivity index (χ0) is 11.8. The molecule has 0 amide bonds. The lowest BCUT2D eigenvalue weighted by molar-refractivity contribution is 0.603. The zero-order valence-electron chi connectivity index (χ0n) is 8.84. The van der Waals surface area contributed by atoms with Crippen LogP contribution in [-0.2, 0) is 0 Å². The van der Waals surface area contributed by atoms with Crippen molar-refractivity contribution in [3.63, 3.8) is 0 Å². The van der Waals surface area contributed by atoms with Gasteiger partial charge in [0.15, 0.2) is 11.6 Å². The van der Waals surface area contributed by atoms with E-state index in [1.54, 1.807) is 24.4 Å². The van der Waals surface area contributed by atoms with Crippen molar-refractivity contribution in [2.45, 2.75) is 0 Å². The fraction of sp³-hybridized carbons (Fsp3) is 0. The Bertz CT molecular complexity index is 690. The molecule has 1 aromatic carbocycles. The summed E-state index contributed by atoms with van der Waals surface area (Å²) in [5.41, 5.74) is 7.06. The molecule has 4 nitrogen and oxygen atoms in total. The fourth-order valence-corrected chi connectivity index (χ4v) is 1.74.